The Morgan fingerprint density at radius 3 is 2.02 bits per heavy atom. The summed E-state index contributed by atoms with van der Waals surface area (Å²) in [5.74, 6) is -0.795. The number of carboxylic acids is 1. The number of amides is 2. The number of aliphatic hydroxyl groups is 1. The van der Waals surface area contributed by atoms with Gasteiger partial charge in [0.05, 0.1) is 65.3 Å². The third kappa shape index (κ3) is 17.2. The SMILES string of the molecule is Cc1ccnc(NCCCC(=O)N[C@@H](CO)C(=O)N[C@@H](CC(=O)O)c2ccc(-c3ccc(OCCOCCOCCOCCOCCC(C)(C)C)c4ccccc34)cc2)c1. The molecule has 0 fully saturated rings. The van der Waals surface area contributed by atoms with Gasteiger partial charge in [-0.15, -0.1) is 0 Å². The number of anilines is 1. The van der Waals surface area contributed by atoms with Gasteiger partial charge in [0.15, 0.2) is 0 Å². The average molecular weight is 831 g/mol. The molecule has 4 aromatic rings. The van der Waals surface area contributed by atoms with Gasteiger partial charge in [-0.3, -0.25) is 14.4 Å². The number of aliphatic hydroxyl groups excluding tert-OH is 1. The number of nitrogens with zero attached hydrogens (tertiary/aromatic N) is 1. The van der Waals surface area contributed by atoms with Crippen LogP contribution in [0.4, 0.5) is 5.82 Å². The highest BCUT2D eigenvalue weighted by Crippen LogP contribution is 2.35. The molecule has 2 atom stereocenters. The van der Waals surface area contributed by atoms with Gasteiger partial charge < -0.3 is 49.8 Å². The van der Waals surface area contributed by atoms with Crippen LogP contribution in [0, 0.1) is 12.3 Å². The molecule has 0 unspecified atom stereocenters. The second kappa shape index (κ2) is 25.5. The minimum absolute atomic E-state index is 0.113. The highest BCUT2D eigenvalue weighted by atomic mass is 16.6. The molecule has 326 valence electrons. The van der Waals surface area contributed by atoms with Crippen molar-refractivity contribution >= 4 is 34.4 Å². The summed E-state index contributed by atoms with van der Waals surface area (Å²) in [7, 11) is 0. The summed E-state index contributed by atoms with van der Waals surface area (Å²) < 4.78 is 28.5. The van der Waals surface area contributed by atoms with Crippen molar-refractivity contribution in [1.82, 2.24) is 15.6 Å². The van der Waals surface area contributed by atoms with E-state index in [-0.39, 0.29) is 11.8 Å². The number of carbonyl (C=O) groups is 3. The summed E-state index contributed by atoms with van der Waals surface area (Å²) in [6.45, 7) is 12.9. The lowest BCUT2D eigenvalue weighted by molar-refractivity contribution is -0.138. The van der Waals surface area contributed by atoms with Gasteiger partial charge in [0.1, 0.15) is 24.2 Å². The molecule has 0 spiro atoms. The summed E-state index contributed by atoms with van der Waals surface area (Å²) in [6, 6.07) is 20.7. The van der Waals surface area contributed by atoms with Crippen LogP contribution in [-0.4, -0.2) is 112 Å². The van der Waals surface area contributed by atoms with Crippen molar-refractivity contribution in [2.45, 2.75) is 65.5 Å². The van der Waals surface area contributed by atoms with E-state index in [1.807, 2.05) is 67.6 Å². The second-order valence-corrected chi connectivity index (χ2v) is 15.6. The van der Waals surface area contributed by atoms with Crippen LogP contribution in [0.1, 0.15) is 63.6 Å². The zero-order valence-electron chi connectivity index (χ0n) is 35.4. The van der Waals surface area contributed by atoms with Crippen LogP contribution in [0.5, 0.6) is 5.75 Å². The van der Waals surface area contributed by atoms with Gasteiger partial charge in [0, 0.05) is 31.2 Å². The smallest absolute Gasteiger partial charge is 0.305 e. The summed E-state index contributed by atoms with van der Waals surface area (Å²) in [5.41, 5.74) is 3.71. The number of aryl methyl sites for hydroxylation is 1. The second-order valence-electron chi connectivity index (χ2n) is 15.6. The van der Waals surface area contributed by atoms with E-state index in [4.69, 9.17) is 23.7 Å². The normalized spacial score (nSPS) is 12.5. The largest absolute Gasteiger partial charge is 0.491 e. The first-order valence-electron chi connectivity index (χ1n) is 20.6. The first-order chi connectivity index (χ1) is 28.9. The lowest BCUT2D eigenvalue weighted by atomic mass is 9.93. The number of rotatable bonds is 28. The van der Waals surface area contributed by atoms with E-state index >= 15 is 0 Å². The monoisotopic (exact) mass is 830 g/mol. The molecule has 60 heavy (non-hydrogen) atoms. The van der Waals surface area contributed by atoms with E-state index in [2.05, 4.69) is 41.7 Å². The third-order valence-electron chi connectivity index (χ3n) is 9.44. The fourth-order valence-electron chi connectivity index (χ4n) is 6.15. The zero-order chi connectivity index (χ0) is 43.2. The van der Waals surface area contributed by atoms with Gasteiger partial charge in [-0.05, 0) is 71.0 Å². The van der Waals surface area contributed by atoms with Crippen molar-refractivity contribution in [2.24, 2.45) is 5.41 Å². The fraction of sp³-hybridized carbons (Fsp3) is 0.478. The highest BCUT2D eigenvalue weighted by molar-refractivity contribution is 6.00. The molecule has 5 N–H and O–H groups in total. The van der Waals surface area contributed by atoms with Gasteiger partial charge in [-0.1, -0.05) is 75.4 Å². The van der Waals surface area contributed by atoms with E-state index in [9.17, 15) is 24.6 Å². The standard InChI is InChI=1S/C46H62N4O10/c1-33-17-20-48-42(30-33)47-19-7-10-43(52)49-40(32-51)45(55)50-39(31-44(53)54)35-13-11-34(12-14-35)36-15-16-41(38-9-6-5-8-37(36)38)60-29-28-59-27-26-58-25-24-57-23-22-56-21-18-46(2,3)4/h5-6,8-9,11-17,20,30,39-40,51H,7,10,18-19,21-29,31-32H2,1-4H3,(H,47,48)(H,49,52)(H,50,55)(H,53,54)/t39-,40-/m0/s1. The van der Waals surface area contributed by atoms with Crippen LogP contribution in [0.15, 0.2) is 79.0 Å². The number of hydrogen-bond acceptors (Lipinski definition) is 11. The van der Waals surface area contributed by atoms with Crippen molar-refractivity contribution in [3.05, 3.63) is 90.1 Å². The van der Waals surface area contributed by atoms with Crippen molar-refractivity contribution in [2.75, 3.05) is 77.9 Å². The van der Waals surface area contributed by atoms with Crippen molar-refractivity contribution in [1.29, 1.82) is 0 Å². The van der Waals surface area contributed by atoms with Gasteiger partial charge >= 0.3 is 5.97 Å². The molecule has 0 aliphatic carbocycles. The van der Waals surface area contributed by atoms with E-state index in [1.54, 1.807) is 18.3 Å². The van der Waals surface area contributed by atoms with Crippen molar-refractivity contribution in [3.8, 4) is 16.9 Å². The van der Waals surface area contributed by atoms with Crippen LogP contribution < -0.4 is 20.7 Å². The molecule has 0 saturated carbocycles. The molecule has 14 heteroatoms. The Morgan fingerprint density at radius 2 is 1.40 bits per heavy atom. The summed E-state index contributed by atoms with van der Waals surface area (Å²) >= 11 is 0. The molecule has 3 aromatic carbocycles. The fourth-order valence-corrected chi connectivity index (χ4v) is 6.15. The maximum atomic E-state index is 13.2. The van der Waals surface area contributed by atoms with Gasteiger partial charge in [0.2, 0.25) is 11.8 Å². The number of aromatic nitrogens is 1. The molecular formula is C46H62N4O10. The van der Waals surface area contributed by atoms with Gasteiger partial charge in [-0.2, -0.15) is 0 Å². The average Bonchev–Trinajstić information content (AvgIpc) is 3.22. The maximum Gasteiger partial charge on any atom is 0.305 e. The van der Waals surface area contributed by atoms with Crippen molar-refractivity contribution in [3.63, 3.8) is 0 Å². The molecule has 1 aromatic heterocycles. The lowest BCUT2D eigenvalue weighted by Gasteiger charge is -2.22. The maximum absolute atomic E-state index is 13.2. The molecule has 2 amide bonds. The zero-order valence-corrected chi connectivity index (χ0v) is 35.4. The third-order valence-corrected chi connectivity index (χ3v) is 9.44. The molecule has 0 bridgehead atoms. The van der Waals surface area contributed by atoms with Crippen LogP contribution in [0.2, 0.25) is 0 Å². The van der Waals surface area contributed by atoms with Crippen LogP contribution in [0.25, 0.3) is 21.9 Å². The predicted molar refractivity (Wildman–Crippen MR) is 231 cm³/mol. The molecule has 1 heterocycles. The number of carboxylic acid groups (broad SMARTS) is 1. The minimum Gasteiger partial charge on any atom is -0.491 e. The molecule has 0 radical (unpaired) electrons. The Kier molecular flexibility index (Phi) is 20.2. The Labute approximate surface area is 353 Å². The Bertz CT molecular complexity index is 1920. The molecule has 0 saturated heterocycles. The van der Waals surface area contributed by atoms with E-state index in [0.717, 1.165) is 46.2 Å². The number of benzene rings is 3. The minimum atomic E-state index is -1.25. The lowest BCUT2D eigenvalue weighted by Crippen LogP contribution is -2.50. The first-order valence-corrected chi connectivity index (χ1v) is 20.6. The number of ether oxygens (including phenoxy) is 5. The highest BCUT2D eigenvalue weighted by Gasteiger charge is 2.25. The predicted octanol–water partition coefficient (Wildman–Crippen LogP) is 6.09. The van der Waals surface area contributed by atoms with Crippen molar-refractivity contribution < 1.29 is 48.3 Å². The molecule has 14 nitrogen and oxygen atoms in total. The van der Waals surface area contributed by atoms with E-state index in [0.29, 0.717) is 77.2 Å². The number of aliphatic carboxylic acids is 1. The number of fused-ring (bicyclic) bond motifs is 1. The molecule has 0 aliphatic rings. The topological polar surface area (TPSA) is 187 Å². The summed E-state index contributed by atoms with van der Waals surface area (Å²) in [6.07, 6.45) is 2.90. The Morgan fingerprint density at radius 1 is 0.767 bits per heavy atom. The number of nitrogens with one attached hydrogen (secondary N) is 3. The number of pyridine rings is 1. The van der Waals surface area contributed by atoms with E-state index < -0.39 is 42.9 Å². The molecular weight excluding hydrogens is 769 g/mol. The summed E-state index contributed by atoms with van der Waals surface area (Å²) in [5, 5.41) is 29.9. The summed E-state index contributed by atoms with van der Waals surface area (Å²) in [4.78, 5) is 41.9. The Balaban J connectivity index is 1.22. The molecule has 4 rings (SSSR count). The van der Waals surface area contributed by atoms with Crippen LogP contribution >= 0.6 is 0 Å². The number of hydrogen-bond donors (Lipinski definition) is 5. The van der Waals surface area contributed by atoms with Crippen LogP contribution in [-0.2, 0) is 33.3 Å². The molecule has 0 aliphatic heterocycles. The van der Waals surface area contributed by atoms with E-state index in [1.165, 1.54) is 0 Å². The number of carbonyl (C=O) groups excluding carboxylic acids is 2. The van der Waals surface area contributed by atoms with Gasteiger partial charge in [0.25, 0.3) is 0 Å². The quantitative estimate of drug-likeness (QED) is 0.0416. The van der Waals surface area contributed by atoms with Gasteiger partial charge in [-0.25, -0.2) is 4.98 Å². The van der Waals surface area contributed by atoms with Crippen LogP contribution in [0.3, 0.4) is 0 Å². The first kappa shape index (κ1) is 47.6. The Hall–Kier alpha value is -5.12.